The quantitative estimate of drug-likeness (QED) is 0.878. The van der Waals surface area contributed by atoms with Gasteiger partial charge in [-0.25, -0.2) is 15.0 Å². The Morgan fingerprint density at radius 3 is 2.74 bits per heavy atom. The van der Waals surface area contributed by atoms with E-state index in [1.54, 1.807) is 0 Å². The second kappa shape index (κ2) is 8.38. The van der Waals surface area contributed by atoms with E-state index < -0.39 is 0 Å². The molecule has 146 valence electrons. The second-order valence-electron chi connectivity index (χ2n) is 8.02. The van der Waals surface area contributed by atoms with Gasteiger partial charge in [0.1, 0.15) is 17.5 Å². The van der Waals surface area contributed by atoms with Crippen molar-refractivity contribution < 1.29 is 0 Å². The summed E-state index contributed by atoms with van der Waals surface area (Å²) in [6, 6.07) is 2.83. The number of aromatic nitrogens is 4. The van der Waals surface area contributed by atoms with Crippen LogP contribution < -0.4 is 10.2 Å². The average molecular weight is 369 g/mol. The number of piperidine rings is 2. The third-order valence-electron chi connectivity index (χ3n) is 6.15. The van der Waals surface area contributed by atoms with Crippen LogP contribution in [0.1, 0.15) is 61.8 Å². The first-order valence-corrected chi connectivity index (χ1v) is 10.5. The Bertz CT molecular complexity index is 749. The third kappa shape index (κ3) is 4.32. The molecule has 0 aromatic carbocycles. The van der Waals surface area contributed by atoms with Crippen molar-refractivity contribution in [1.82, 2.24) is 24.8 Å². The topological polar surface area (TPSA) is 58.9 Å². The summed E-state index contributed by atoms with van der Waals surface area (Å²) in [5, 5.41) is 3.46. The lowest BCUT2D eigenvalue weighted by Crippen LogP contribution is -2.41. The molecule has 0 spiro atoms. The van der Waals surface area contributed by atoms with Crippen LogP contribution in [0.5, 0.6) is 0 Å². The van der Waals surface area contributed by atoms with Crippen LogP contribution in [0.4, 0.5) is 5.82 Å². The van der Waals surface area contributed by atoms with E-state index >= 15 is 0 Å². The number of hydrogen-bond acceptors (Lipinski definition) is 5. The first-order valence-electron chi connectivity index (χ1n) is 10.5. The van der Waals surface area contributed by atoms with Gasteiger partial charge in [-0.1, -0.05) is 0 Å². The van der Waals surface area contributed by atoms with Crippen molar-refractivity contribution in [3.63, 3.8) is 0 Å². The Morgan fingerprint density at radius 2 is 1.96 bits per heavy atom. The van der Waals surface area contributed by atoms with Gasteiger partial charge in [-0.05, 0) is 65.5 Å². The van der Waals surface area contributed by atoms with Crippen LogP contribution in [-0.2, 0) is 6.54 Å². The SMILES string of the molecule is Cc1nc(C2CCNCC2)cc(N2CCCC[C@@H]2CCn2ccnc2C)n1. The number of imidazole rings is 1. The molecule has 1 N–H and O–H groups in total. The molecule has 2 aliphatic heterocycles. The fourth-order valence-electron chi connectivity index (χ4n) is 4.58. The van der Waals surface area contributed by atoms with Crippen LogP contribution >= 0.6 is 0 Å². The van der Waals surface area contributed by atoms with Gasteiger partial charge < -0.3 is 14.8 Å². The molecule has 2 aromatic rings. The highest BCUT2D eigenvalue weighted by Crippen LogP contribution is 2.30. The highest BCUT2D eigenvalue weighted by atomic mass is 15.2. The lowest BCUT2D eigenvalue weighted by molar-refractivity contribution is 0.411. The summed E-state index contributed by atoms with van der Waals surface area (Å²) in [6.07, 6.45) is 11.3. The average Bonchev–Trinajstić information content (AvgIpc) is 3.11. The summed E-state index contributed by atoms with van der Waals surface area (Å²) < 4.78 is 2.26. The van der Waals surface area contributed by atoms with Crippen LogP contribution in [0.25, 0.3) is 0 Å². The Hall–Kier alpha value is -1.95. The molecule has 0 amide bonds. The van der Waals surface area contributed by atoms with E-state index in [9.17, 15) is 0 Å². The Kier molecular flexibility index (Phi) is 5.72. The molecular formula is C21H32N6. The minimum atomic E-state index is 0.552. The van der Waals surface area contributed by atoms with Crippen molar-refractivity contribution in [2.75, 3.05) is 24.5 Å². The van der Waals surface area contributed by atoms with Gasteiger partial charge in [-0.2, -0.15) is 0 Å². The molecule has 6 heteroatoms. The normalized spacial score (nSPS) is 21.6. The summed E-state index contributed by atoms with van der Waals surface area (Å²) in [4.78, 5) is 16.5. The summed E-state index contributed by atoms with van der Waals surface area (Å²) >= 11 is 0. The van der Waals surface area contributed by atoms with Gasteiger partial charge in [-0.15, -0.1) is 0 Å². The zero-order valence-corrected chi connectivity index (χ0v) is 16.7. The Balaban J connectivity index is 1.52. The molecule has 4 rings (SSSR count). The number of aryl methyl sites for hydroxylation is 3. The third-order valence-corrected chi connectivity index (χ3v) is 6.15. The summed E-state index contributed by atoms with van der Waals surface area (Å²) in [5.74, 6) is 3.73. The van der Waals surface area contributed by atoms with Gasteiger partial charge in [0.25, 0.3) is 0 Å². The highest BCUT2D eigenvalue weighted by Gasteiger charge is 2.26. The number of nitrogens with zero attached hydrogens (tertiary/aromatic N) is 5. The van der Waals surface area contributed by atoms with Crippen molar-refractivity contribution in [2.24, 2.45) is 0 Å². The fourth-order valence-corrected chi connectivity index (χ4v) is 4.58. The highest BCUT2D eigenvalue weighted by molar-refractivity contribution is 5.42. The monoisotopic (exact) mass is 368 g/mol. The van der Waals surface area contributed by atoms with Crippen molar-refractivity contribution >= 4 is 5.82 Å². The van der Waals surface area contributed by atoms with E-state index in [-0.39, 0.29) is 0 Å². The minimum Gasteiger partial charge on any atom is -0.353 e. The minimum absolute atomic E-state index is 0.552. The molecule has 0 radical (unpaired) electrons. The molecule has 2 aromatic heterocycles. The molecule has 1 atom stereocenters. The number of nitrogens with one attached hydrogen (secondary N) is 1. The van der Waals surface area contributed by atoms with Crippen LogP contribution in [0.3, 0.4) is 0 Å². The van der Waals surface area contributed by atoms with Gasteiger partial charge in [0.2, 0.25) is 0 Å². The second-order valence-corrected chi connectivity index (χ2v) is 8.02. The number of anilines is 1. The summed E-state index contributed by atoms with van der Waals surface area (Å²) in [6.45, 7) is 8.45. The standard InChI is InChI=1S/C21H32N6/c1-16-24-20(18-6-9-22-10-7-18)15-21(25-16)27-12-4-3-5-19(27)8-13-26-14-11-23-17(26)2/h11,14-15,18-19,22H,3-10,12-13H2,1-2H3/t19-/m1/s1. The predicted molar refractivity (Wildman–Crippen MR) is 108 cm³/mol. The van der Waals surface area contributed by atoms with Gasteiger partial charge in [-0.3, -0.25) is 0 Å². The van der Waals surface area contributed by atoms with Gasteiger partial charge in [0.05, 0.1) is 0 Å². The molecule has 6 nitrogen and oxygen atoms in total. The van der Waals surface area contributed by atoms with Crippen LogP contribution in [-0.4, -0.2) is 45.2 Å². The molecule has 2 aliphatic rings. The maximum absolute atomic E-state index is 4.85. The zero-order valence-electron chi connectivity index (χ0n) is 16.7. The maximum atomic E-state index is 4.85. The molecule has 2 saturated heterocycles. The largest absolute Gasteiger partial charge is 0.353 e. The van der Waals surface area contributed by atoms with Gasteiger partial charge in [0, 0.05) is 49.2 Å². The van der Waals surface area contributed by atoms with Crippen molar-refractivity contribution in [3.8, 4) is 0 Å². The number of rotatable bonds is 5. The lowest BCUT2D eigenvalue weighted by Gasteiger charge is -2.37. The molecule has 0 bridgehead atoms. The molecule has 4 heterocycles. The van der Waals surface area contributed by atoms with Crippen molar-refractivity contribution in [3.05, 3.63) is 35.8 Å². The smallest absolute Gasteiger partial charge is 0.132 e. The molecular weight excluding hydrogens is 336 g/mol. The van der Waals surface area contributed by atoms with E-state index in [2.05, 4.69) is 39.0 Å². The van der Waals surface area contributed by atoms with E-state index in [0.717, 1.165) is 50.1 Å². The van der Waals surface area contributed by atoms with E-state index in [1.807, 2.05) is 13.1 Å². The van der Waals surface area contributed by atoms with Crippen LogP contribution in [0.15, 0.2) is 18.5 Å². The Labute approximate surface area is 162 Å². The molecule has 27 heavy (non-hydrogen) atoms. The first-order chi connectivity index (χ1) is 13.2. The maximum Gasteiger partial charge on any atom is 0.132 e. The molecule has 0 unspecified atom stereocenters. The van der Waals surface area contributed by atoms with Crippen LogP contribution in [0.2, 0.25) is 0 Å². The predicted octanol–water partition coefficient (Wildman–Crippen LogP) is 3.21. The first kappa shape index (κ1) is 18.4. The zero-order chi connectivity index (χ0) is 18.6. The Morgan fingerprint density at radius 1 is 1.11 bits per heavy atom. The van der Waals surface area contributed by atoms with E-state index in [1.165, 1.54) is 37.8 Å². The van der Waals surface area contributed by atoms with E-state index in [4.69, 9.17) is 9.97 Å². The molecule has 2 fully saturated rings. The molecule has 0 aliphatic carbocycles. The van der Waals surface area contributed by atoms with E-state index in [0.29, 0.717) is 12.0 Å². The van der Waals surface area contributed by atoms with Crippen molar-refractivity contribution in [1.29, 1.82) is 0 Å². The van der Waals surface area contributed by atoms with Crippen molar-refractivity contribution in [2.45, 2.75) is 70.9 Å². The van der Waals surface area contributed by atoms with Gasteiger partial charge >= 0.3 is 0 Å². The van der Waals surface area contributed by atoms with Crippen LogP contribution in [0, 0.1) is 13.8 Å². The lowest BCUT2D eigenvalue weighted by atomic mass is 9.93. The summed E-state index contributed by atoms with van der Waals surface area (Å²) in [5.41, 5.74) is 1.24. The number of hydrogen-bond donors (Lipinski definition) is 1. The van der Waals surface area contributed by atoms with Gasteiger partial charge in [0.15, 0.2) is 0 Å². The summed E-state index contributed by atoms with van der Waals surface area (Å²) in [7, 11) is 0. The fraction of sp³-hybridized carbons (Fsp3) is 0.667. The molecule has 0 saturated carbocycles.